The zero-order chi connectivity index (χ0) is 15.2. The van der Waals surface area contributed by atoms with Crippen LogP contribution in [0.25, 0.3) is 0 Å². The van der Waals surface area contributed by atoms with Gasteiger partial charge >= 0.3 is 0 Å². The maximum absolute atomic E-state index is 6.24. The number of halogens is 2. The van der Waals surface area contributed by atoms with E-state index in [1.54, 1.807) is 7.11 Å². The quantitative estimate of drug-likeness (QED) is 0.811. The molecular formula is C17H19BrClNO. The van der Waals surface area contributed by atoms with Gasteiger partial charge in [0.15, 0.2) is 0 Å². The molecule has 0 heterocycles. The lowest BCUT2D eigenvalue weighted by molar-refractivity contribution is 0.412. The summed E-state index contributed by atoms with van der Waals surface area (Å²) in [6, 6.07) is 14.5. The number of rotatable bonds is 6. The van der Waals surface area contributed by atoms with E-state index in [9.17, 15) is 0 Å². The Morgan fingerprint density at radius 3 is 2.57 bits per heavy atom. The normalized spacial score (nSPS) is 12.2. The van der Waals surface area contributed by atoms with Gasteiger partial charge in [0.2, 0.25) is 0 Å². The SMILES string of the molecule is CNC(Cc1ccc(OC)c(Br)c1)Cc1ccccc1Cl. The second-order valence-corrected chi connectivity index (χ2v) is 6.22. The molecule has 0 bridgehead atoms. The molecule has 2 rings (SSSR count). The van der Waals surface area contributed by atoms with E-state index in [0.29, 0.717) is 6.04 Å². The maximum atomic E-state index is 6.24. The molecule has 0 aliphatic rings. The predicted octanol–water partition coefficient (Wildman–Crippen LogP) is 4.48. The van der Waals surface area contributed by atoms with Crippen molar-refractivity contribution in [1.29, 1.82) is 0 Å². The first-order valence-corrected chi connectivity index (χ1v) is 8.04. The molecule has 1 atom stereocenters. The first-order chi connectivity index (χ1) is 10.1. The molecule has 0 spiro atoms. The lowest BCUT2D eigenvalue weighted by Gasteiger charge is -2.17. The molecule has 0 fully saturated rings. The Kier molecular flexibility index (Phi) is 6.09. The zero-order valence-electron chi connectivity index (χ0n) is 12.2. The van der Waals surface area contributed by atoms with Crippen LogP contribution in [-0.2, 0) is 12.8 Å². The van der Waals surface area contributed by atoms with Crippen molar-refractivity contribution in [2.24, 2.45) is 0 Å². The summed E-state index contributed by atoms with van der Waals surface area (Å²) in [7, 11) is 3.66. The second kappa shape index (κ2) is 7.83. The molecular weight excluding hydrogens is 350 g/mol. The first kappa shape index (κ1) is 16.3. The molecule has 2 aromatic rings. The first-order valence-electron chi connectivity index (χ1n) is 6.87. The van der Waals surface area contributed by atoms with E-state index in [1.807, 2.05) is 31.3 Å². The fraction of sp³-hybridized carbons (Fsp3) is 0.294. The minimum atomic E-state index is 0.338. The van der Waals surface area contributed by atoms with Gasteiger partial charge in [-0.25, -0.2) is 0 Å². The highest BCUT2D eigenvalue weighted by atomic mass is 79.9. The molecule has 21 heavy (non-hydrogen) atoms. The number of benzene rings is 2. The van der Waals surface area contributed by atoms with E-state index in [0.717, 1.165) is 28.1 Å². The van der Waals surface area contributed by atoms with Crippen molar-refractivity contribution in [2.45, 2.75) is 18.9 Å². The highest BCUT2D eigenvalue weighted by Gasteiger charge is 2.11. The molecule has 0 amide bonds. The second-order valence-electron chi connectivity index (χ2n) is 4.95. The molecule has 0 aliphatic heterocycles. The van der Waals surface area contributed by atoms with Gasteiger partial charge < -0.3 is 10.1 Å². The van der Waals surface area contributed by atoms with Gasteiger partial charge in [-0.05, 0) is 65.1 Å². The van der Waals surface area contributed by atoms with Crippen molar-refractivity contribution < 1.29 is 4.74 Å². The summed E-state index contributed by atoms with van der Waals surface area (Å²) in [5, 5.41) is 4.20. The number of ether oxygens (including phenoxy) is 1. The van der Waals surface area contributed by atoms with Crippen LogP contribution in [0.4, 0.5) is 0 Å². The van der Waals surface area contributed by atoms with Crippen molar-refractivity contribution in [1.82, 2.24) is 5.32 Å². The van der Waals surface area contributed by atoms with Gasteiger partial charge in [-0.1, -0.05) is 35.9 Å². The van der Waals surface area contributed by atoms with Crippen LogP contribution in [0.2, 0.25) is 5.02 Å². The third-order valence-electron chi connectivity index (χ3n) is 3.53. The van der Waals surface area contributed by atoms with Crippen LogP contribution in [0.5, 0.6) is 5.75 Å². The van der Waals surface area contributed by atoms with Gasteiger partial charge in [-0.2, -0.15) is 0 Å². The molecule has 0 radical (unpaired) electrons. The van der Waals surface area contributed by atoms with Gasteiger partial charge in [0.25, 0.3) is 0 Å². The Balaban J connectivity index is 2.09. The van der Waals surface area contributed by atoms with Crippen LogP contribution in [0, 0.1) is 0 Å². The van der Waals surface area contributed by atoms with Crippen LogP contribution in [0.3, 0.4) is 0 Å². The average Bonchev–Trinajstić information content (AvgIpc) is 2.49. The number of nitrogens with one attached hydrogen (secondary N) is 1. The molecule has 4 heteroatoms. The van der Waals surface area contributed by atoms with E-state index in [4.69, 9.17) is 16.3 Å². The number of hydrogen-bond acceptors (Lipinski definition) is 2. The smallest absolute Gasteiger partial charge is 0.133 e. The summed E-state index contributed by atoms with van der Waals surface area (Å²) in [5.74, 6) is 0.853. The number of likely N-dealkylation sites (N-methyl/N-ethyl adjacent to an activating group) is 1. The van der Waals surface area contributed by atoms with Gasteiger partial charge in [-0.3, -0.25) is 0 Å². The molecule has 1 N–H and O–H groups in total. The number of hydrogen-bond donors (Lipinski definition) is 1. The third kappa shape index (κ3) is 4.47. The standard InChI is InChI=1S/C17H19BrClNO/c1-20-14(11-13-5-3-4-6-16(13)19)9-12-7-8-17(21-2)15(18)10-12/h3-8,10,14,20H,9,11H2,1-2H3. The lowest BCUT2D eigenvalue weighted by atomic mass is 9.99. The van der Waals surface area contributed by atoms with Crippen molar-refractivity contribution in [2.75, 3.05) is 14.2 Å². The van der Waals surface area contributed by atoms with Crippen LogP contribution < -0.4 is 10.1 Å². The molecule has 0 aromatic heterocycles. The van der Waals surface area contributed by atoms with Gasteiger partial charge in [0, 0.05) is 11.1 Å². The van der Waals surface area contributed by atoms with Crippen molar-refractivity contribution in [3.63, 3.8) is 0 Å². The minimum Gasteiger partial charge on any atom is -0.496 e. The van der Waals surface area contributed by atoms with E-state index in [1.165, 1.54) is 11.1 Å². The monoisotopic (exact) mass is 367 g/mol. The topological polar surface area (TPSA) is 21.3 Å². The summed E-state index contributed by atoms with van der Waals surface area (Å²) in [6.45, 7) is 0. The lowest BCUT2D eigenvalue weighted by Crippen LogP contribution is -2.30. The van der Waals surface area contributed by atoms with Crippen LogP contribution in [0.15, 0.2) is 46.9 Å². The highest BCUT2D eigenvalue weighted by molar-refractivity contribution is 9.10. The molecule has 0 aliphatic carbocycles. The summed E-state index contributed by atoms with van der Waals surface area (Å²) >= 11 is 9.77. The van der Waals surface area contributed by atoms with E-state index < -0.39 is 0 Å². The maximum Gasteiger partial charge on any atom is 0.133 e. The predicted molar refractivity (Wildman–Crippen MR) is 92.4 cm³/mol. The third-order valence-corrected chi connectivity index (χ3v) is 4.52. The Bertz CT molecular complexity index is 603. The van der Waals surface area contributed by atoms with Crippen molar-refractivity contribution in [3.8, 4) is 5.75 Å². The summed E-state index contributed by atoms with van der Waals surface area (Å²) < 4.78 is 6.24. The Morgan fingerprint density at radius 2 is 1.95 bits per heavy atom. The molecule has 2 aromatic carbocycles. The Labute approximate surface area is 139 Å². The summed E-state index contributed by atoms with van der Waals surface area (Å²) in [6.07, 6.45) is 1.84. The van der Waals surface area contributed by atoms with Gasteiger partial charge in [0.05, 0.1) is 11.6 Å². The van der Waals surface area contributed by atoms with Crippen LogP contribution in [-0.4, -0.2) is 20.2 Å². The summed E-state index contributed by atoms with van der Waals surface area (Å²) in [5.41, 5.74) is 2.43. The van der Waals surface area contributed by atoms with E-state index in [-0.39, 0.29) is 0 Å². The fourth-order valence-electron chi connectivity index (χ4n) is 2.33. The minimum absolute atomic E-state index is 0.338. The van der Waals surface area contributed by atoms with Gasteiger partial charge in [0.1, 0.15) is 5.75 Å². The molecule has 0 saturated carbocycles. The van der Waals surface area contributed by atoms with Crippen LogP contribution >= 0.6 is 27.5 Å². The van der Waals surface area contributed by atoms with Gasteiger partial charge in [-0.15, -0.1) is 0 Å². The molecule has 1 unspecified atom stereocenters. The van der Waals surface area contributed by atoms with Crippen molar-refractivity contribution >= 4 is 27.5 Å². The fourth-order valence-corrected chi connectivity index (χ4v) is 3.13. The Hall–Kier alpha value is -1.03. The Morgan fingerprint density at radius 1 is 1.19 bits per heavy atom. The zero-order valence-corrected chi connectivity index (χ0v) is 14.5. The van der Waals surface area contributed by atoms with E-state index >= 15 is 0 Å². The molecule has 2 nitrogen and oxygen atoms in total. The molecule has 0 saturated heterocycles. The summed E-state index contributed by atoms with van der Waals surface area (Å²) in [4.78, 5) is 0. The van der Waals surface area contributed by atoms with Crippen molar-refractivity contribution in [3.05, 3.63) is 63.1 Å². The number of methoxy groups -OCH3 is 1. The molecule has 112 valence electrons. The largest absolute Gasteiger partial charge is 0.496 e. The average molecular weight is 369 g/mol. The van der Waals surface area contributed by atoms with E-state index in [2.05, 4.69) is 39.4 Å². The highest BCUT2D eigenvalue weighted by Crippen LogP contribution is 2.26. The van der Waals surface area contributed by atoms with Crippen LogP contribution in [0.1, 0.15) is 11.1 Å².